The molecule has 0 aliphatic carbocycles. The zero-order valence-electron chi connectivity index (χ0n) is 12.0. The van der Waals surface area contributed by atoms with Gasteiger partial charge in [-0.3, -0.25) is 9.69 Å². The maximum atomic E-state index is 12.1. The molecule has 0 saturated carbocycles. The summed E-state index contributed by atoms with van der Waals surface area (Å²) < 4.78 is 5.15. The molecule has 106 valence electrons. The Morgan fingerprint density at radius 3 is 2.43 bits per heavy atom. The van der Waals surface area contributed by atoms with E-state index < -0.39 is 0 Å². The van der Waals surface area contributed by atoms with Gasteiger partial charge in [0.05, 0.1) is 12.8 Å². The second-order valence-electron chi connectivity index (χ2n) is 4.79. The molecule has 0 unspecified atom stereocenters. The number of carbonyl (C=O) groups excluding carboxylic acids is 1. The van der Waals surface area contributed by atoms with Crippen LogP contribution in [-0.2, 0) is 4.79 Å². The van der Waals surface area contributed by atoms with Crippen molar-refractivity contribution in [2.24, 2.45) is 0 Å². The Balaban J connectivity index is 2.06. The quantitative estimate of drug-likeness (QED) is 0.791. The van der Waals surface area contributed by atoms with Crippen LogP contribution >= 0.6 is 0 Å². The second kappa shape index (κ2) is 5.32. The zero-order chi connectivity index (χ0) is 14.8. The first-order valence-electron chi connectivity index (χ1n) is 6.71. The average Bonchev–Trinajstić information content (AvgIpc) is 2.91. The van der Waals surface area contributed by atoms with E-state index in [1.807, 2.05) is 54.6 Å². The van der Waals surface area contributed by atoms with Crippen LogP contribution in [0.5, 0.6) is 5.75 Å². The number of nitrogens with one attached hydrogen (secondary N) is 1. The summed E-state index contributed by atoms with van der Waals surface area (Å²) in [4.78, 5) is 17.0. The summed E-state index contributed by atoms with van der Waals surface area (Å²) in [6.07, 6.45) is 0. The molecule has 1 aromatic heterocycles. The first-order valence-corrected chi connectivity index (χ1v) is 6.71. The van der Waals surface area contributed by atoms with Gasteiger partial charge in [-0.05, 0) is 36.4 Å². The molecule has 4 heteroatoms. The van der Waals surface area contributed by atoms with Crippen LogP contribution in [0.1, 0.15) is 6.92 Å². The lowest BCUT2D eigenvalue weighted by atomic mass is 10.2. The maximum Gasteiger partial charge on any atom is 0.229 e. The molecule has 1 N–H and O–H groups in total. The van der Waals surface area contributed by atoms with Crippen LogP contribution in [0.4, 0.5) is 11.5 Å². The minimum atomic E-state index is -0.0493. The molecule has 3 aromatic rings. The third-order valence-electron chi connectivity index (χ3n) is 3.40. The van der Waals surface area contributed by atoms with Gasteiger partial charge in [-0.15, -0.1) is 0 Å². The summed E-state index contributed by atoms with van der Waals surface area (Å²) in [6.45, 7) is 1.55. The summed E-state index contributed by atoms with van der Waals surface area (Å²) in [5.74, 6) is 1.47. The van der Waals surface area contributed by atoms with Gasteiger partial charge in [0.25, 0.3) is 0 Å². The highest BCUT2D eigenvalue weighted by Crippen LogP contribution is 2.29. The number of benzene rings is 2. The van der Waals surface area contributed by atoms with E-state index in [0.29, 0.717) is 0 Å². The Labute approximate surface area is 123 Å². The highest BCUT2D eigenvalue weighted by molar-refractivity contribution is 6.00. The predicted octanol–water partition coefficient (Wildman–Crippen LogP) is 3.86. The van der Waals surface area contributed by atoms with Crippen molar-refractivity contribution in [1.82, 2.24) is 4.98 Å². The number of aromatic amines is 1. The number of hydrogen-bond acceptors (Lipinski definition) is 2. The highest BCUT2D eigenvalue weighted by Gasteiger charge is 2.16. The number of aromatic nitrogens is 1. The molecule has 0 fully saturated rings. The van der Waals surface area contributed by atoms with Crippen LogP contribution in [0.2, 0.25) is 0 Å². The van der Waals surface area contributed by atoms with Crippen molar-refractivity contribution in [3.8, 4) is 5.75 Å². The summed E-state index contributed by atoms with van der Waals surface area (Å²) >= 11 is 0. The van der Waals surface area contributed by atoms with Crippen LogP contribution in [0, 0.1) is 0 Å². The van der Waals surface area contributed by atoms with Crippen molar-refractivity contribution in [3.63, 3.8) is 0 Å². The van der Waals surface area contributed by atoms with Crippen molar-refractivity contribution in [2.45, 2.75) is 6.92 Å². The maximum absolute atomic E-state index is 12.1. The smallest absolute Gasteiger partial charge is 0.229 e. The van der Waals surface area contributed by atoms with Crippen LogP contribution in [0.15, 0.2) is 54.6 Å². The lowest BCUT2D eigenvalue weighted by molar-refractivity contribution is -0.115. The first-order chi connectivity index (χ1) is 10.2. The number of nitrogens with zero attached hydrogens (tertiary/aromatic N) is 1. The SMILES string of the molecule is COc1ccc(N(C(C)=O)c2cc3ccccc3[nH]2)cc1. The van der Waals surface area contributed by atoms with Gasteiger partial charge >= 0.3 is 0 Å². The van der Waals surface area contributed by atoms with E-state index in [4.69, 9.17) is 4.74 Å². The van der Waals surface area contributed by atoms with Gasteiger partial charge in [0.2, 0.25) is 5.91 Å². The van der Waals surface area contributed by atoms with E-state index in [-0.39, 0.29) is 5.91 Å². The number of anilines is 2. The molecule has 0 saturated heterocycles. The molecule has 21 heavy (non-hydrogen) atoms. The van der Waals surface area contributed by atoms with Crippen molar-refractivity contribution >= 4 is 28.3 Å². The molecular weight excluding hydrogens is 264 g/mol. The number of amides is 1. The molecule has 0 atom stereocenters. The van der Waals surface area contributed by atoms with E-state index in [1.165, 1.54) is 0 Å². The summed E-state index contributed by atoms with van der Waals surface area (Å²) in [7, 11) is 1.62. The summed E-state index contributed by atoms with van der Waals surface area (Å²) in [5, 5.41) is 1.08. The van der Waals surface area contributed by atoms with E-state index in [9.17, 15) is 4.79 Å². The van der Waals surface area contributed by atoms with E-state index in [2.05, 4.69) is 4.98 Å². The zero-order valence-corrected chi connectivity index (χ0v) is 12.0. The number of hydrogen-bond donors (Lipinski definition) is 1. The minimum absolute atomic E-state index is 0.0493. The average molecular weight is 280 g/mol. The molecule has 1 heterocycles. The normalized spacial score (nSPS) is 10.6. The van der Waals surface area contributed by atoms with Crippen LogP contribution in [-0.4, -0.2) is 18.0 Å². The molecule has 0 aliphatic heterocycles. The van der Waals surface area contributed by atoms with Crippen molar-refractivity contribution in [3.05, 3.63) is 54.6 Å². The first kappa shape index (κ1) is 13.2. The number of para-hydroxylation sites is 1. The fourth-order valence-electron chi connectivity index (χ4n) is 2.40. The lowest BCUT2D eigenvalue weighted by Crippen LogP contribution is -2.22. The topological polar surface area (TPSA) is 45.3 Å². The lowest BCUT2D eigenvalue weighted by Gasteiger charge is -2.19. The Kier molecular flexibility index (Phi) is 3.36. The highest BCUT2D eigenvalue weighted by atomic mass is 16.5. The van der Waals surface area contributed by atoms with Crippen molar-refractivity contribution < 1.29 is 9.53 Å². The van der Waals surface area contributed by atoms with Gasteiger partial charge < -0.3 is 9.72 Å². The third kappa shape index (κ3) is 2.48. The van der Waals surface area contributed by atoms with Gasteiger partial charge in [0.1, 0.15) is 11.6 Å². The van der Waals surface area contributed by atoms with E-state index in [0.717, 1.165) is 28.2 Å². The van der Waals surface area contributed by atoms with Gasteiger partial charge in [0.15, 0.2) is 0 Å². The standard InChI is InChI=1S/C17H16N2O2/c1-12(20)19(14-7-9-15(21-2)10-8-14)17-11-13-5-3-4-6-16(13)18-17/h3-11,18H,1-2H3. The van der Waals surface area contributed by atoms with Crippen LogP contribution in [0.25, 0.3) is 10.9 Å². The van der Waals surface area contributed by atoms with Gasteiger partial charge in [-0.1, -0.05) is 18.2 Å². The number of methoxy groups -OCH3 is 1. The van der Waals surface area contributed by atoms with Crippen LogP contribution in [0.3, 0.4) is 0 Å². The number of rotatable bonds is 3. The summed E-state index contributed by atoms with van der Waals surface area (Å²) in [6, 6.07) is 17.3. The number of carbonyl (C=O) groups is 1. The molecular formula is C17H16N2O2. The summed E-state index contributed by atoms with van der Waals surface area (Å²) in [5.41, 5.74) is 1.81. The molecule has 0 bridgehead atoms. The predicted molar refractivity (Wildman–Crippen MR) is 84.1 cm³/mol. The van der Waals surface area contributed by atoms with E-state index in [1.54, 1.807) is 18.9 Å². The second-order valence-corrected chi connectivity index (χ2v) is 4.79. The Morgan fingerprint density at radius 2 is 1.81 bits per heavy atom. The molecule has 0 aliphatic rings. The molecule has 4 nitrogen and oxygen atoms in total. The van der Waals surface area contributed by atoms with Gasteiger partial charge in [-0.2, -0.15) is 0 Å². The Bertz CT molecular complexity index is 742. The van der Waals surface area contributed by atoms with Gasteiger partial charge in [-0.25, -0.2) is 0 Å². The number of fused-ring (bicyclic) bond motifs is 1. The molecule has 3 rings (SSSR count). The molecule has 1 amide bonds. The monoisotopic (exact) mass is 280 g/mol. The third-order valence-corrected chi connectivity index (χ3v) is 3.40. The fourth-order valence-corrected chi connectivity index (χ4v) is 2.40. The molecule has 0 spiro atoms. The van der Waals surface area contributed by atoms with E-state index >= 15 is 0 Å². The fraction of sp³-hybridized carbons (Fsp3) is 0.118. The minimum Gasteiger partial charge on any atom is -0.497 e. The Morgan fingerprint density at radius 1 is 1.10 bits per heavy atom. The van der Waals surface area contributed by atoms with Crippen LogP contribution < -0.4 is 9.64 Å². The van der Waals surface area contributed by atoms with Crippen molar-refractivity contribution in [1.29, 1.82) is 0 Å². The number of H-pyrrole nitrogens is 1. The Hall–Kier alpha value is -2.75. The molecule has 0 radical (unpaired) electrons. The molecule has 2 aromatic carbocycles. The van der Waals surface area contributed by atoms with Crippen molar-refractivity contribution in [2.75, 3.05) is 12.0 Å². The van der Waals surface area contributed by atoms with Gasteiger partial charge in [0, 0.05) is 17.8 Å². The number of ether oxygens (including phenoxy) is 1. The largest absolute Gasteiger partial charge is 0.497 e.